The lowest BCUT2D eigenvalue weighted by atomic mass is 9.94. The summed E-state index contributed by atoms with van der Waals surface area (Å²) in [6, 6.07) is 0. The van der Waals surface area contributed by atoms with Gasteiger partial charge in [0.05, 0.1) is 0 Å². The fraction of sp³-hybridized carbons (Fsp3) is 0.857. The number of nitro groups is 1. The van der Waals surface area contributed by atoms with Crippen LogP contribution in [0.4, 0.5) is 0 Å². The van der Waals surface area contributed by atoms with Gasteiger partial charge in [-0.1, -0.05) is 13.8 Å². The fourth-order valence-electron chi connectivity index (χ4n) is 0.813. The summed E-state index contributed by atoms with van der Waals surface area (Å²) in [4.78, 5) is 19.9. The third kappa shape index (κ3) is 4.47. The highest BCUT2D eigenvalue weighted by molar-refractivity contribution is 5.53. The minimum atomic E-state index is -0.390. The molecule has 0 amide bonds. The van der Waals surface area contributed by atoms with Gasteiger partial charge in [-0.15, -0.1) is 0 Å². The highest BCUT2D eigenvalue weighted by atomic mass is 16.6. The molecule has 0 bridgehead atoms. The monoisotopic (exact) mass is 159 g/mol. The van der Waals surface area contributed by atoms with Crippen molar-refractivity contribution in [3.63, 3.8) is 0 Å². The Bertz CT molecular complexity index is 145. The van der Waals surface area contributed by atoms with Gasteiger partial charge in [0.2, 0.25) is 6.54 Å². The molecule has 0 saturated carbocycles. The van der Waals surface area contributed by atoms with Crippen LogP contribution in [0.1, 0.15) is 20.3 Å². The van der Waals surface area contributed by atoms with Crippen LogP contribution >= 0.6 is 0 Å². The molecule has 0 aliphatic carbocycles. The molecule has 1 atom stereocenters. The lowest BCUT2D eigenvalue weighted by Gasteiger charge is -2.10. The molecule has 0 radical (unpaired) electrons. The summed E-state index contributed by atoms with van der Waals surface area (Å²) in [5.74, 6) is 0.0350. The zero-order chi connectivity index (χ0) is 8.85. The minimum Gasteiger partial charge on any atom is -0.303 e. The average Bonchev–Trinajstić information content (AvgIpc) is 1.87. The third-order valence-electron chi connectivity index (χ3n) is 1.68. The van der Waals surface area contributed by atoms with Crippen LogP contribution in [0.15, 0.2) is 0 Å². The average molecular weight is 159 g/mol. The van der Waals surface area contributed by atoms with Gasteiger partial charge < -0.3 is 4.79 Å². The van der Waals surface area contributed by atoms with E-state index < -0.39 is 0 Å². The van der Waals surface area contributed by atoms with E-state index in [0.29, 0.717) is 6.42 Å². The summed E-state index contributed by atoms with van der Waals surface area (Å²) < 4.78 is 0. The second-order valence-corrected chi connectivity index (χ2v) is 2.89. The molecular formula is C7H13NO3. The molecule has 11 heavy (non-hydrogen) atoms. The molecule has 64 valence electrons. The lowest BCUT2D eigenvalue weighted by Crippen LogP contribution is -2.15. The van der Waals surface area contributed by atoms with Crippen LogP contribution in [0.3, 0.4) is 0 Å². The Labute approximate surface area is 65.7 Å². The quantitative estimate of drug-likeness (QED) is 0.343. The number of hydrogen-bond acceptors (Lipinski definition) is 3. The minimum absolute atomic E-state index is 0.110. The molecule has 0 heterocycles. The third-order valence-corrected chi connectivity index (χ3v) is 1.68. The van der Waals surface area contributed by atoms with E-state index in [0.717, 1.165) is 6.29 Å². The molecule has 0 aromatic carbocycles. The summed E-state index contributed by atoms with van der Waals surface area (Å²) in [6.45, 7) is 3.67. The predicted molar refractivity (Wildman–Crippen MR) is 40.9 cm³/mol. The van der Waals surface area contributed by atoms with E-state index in [-0.39, 0.29) is 23.3 Å². The molecule has 0 aromatic rings. The number of nitrogens with zero attached hydrogens (tertiary/aromatic N) is 1. The Hall–Kier alpha value is -0.930. The number of carbonyl (C=O) groups excluding carboxylic acids is 1. The number of rotatable bonds is 5. The van der Waals surface area contributed by atoms with Crippen molar-refractivity contribution >= 4 is 6.29 Å². The molecule has 0 saturated heterocycles. The highest BCUT2D eigenvalue weighted by Crippen LogP contribution is 2.11. The first kappa shape index (κ1) is 10.1. The van der Waals surface area contributed by atoms with Gasteiger partial charge >= 0.3 is 0 Å². The number of carbonyl (C=O) groups is 1. The van der Waals surface area contributed by atoms with Crippen molar-refractivity contribution in [1.29, 1.82) is 0 Å². The number of hydrogen-bond donors (Lipinski definition) is 0. The first-order valence-electron chi connectivity index (χ1n) is 3.65. The van der Waals surface area contributed by atoms with Crippen molar-refractivity contribution in [1.82, 2.24) is 0 Å². The Balaban J connectivity index is 3.69. The molecule has 0 N–H and O–H groups in total. The standard InChI is InChI=1S/C7H13NO3/c1-6(2)7(5-9)3-4-8(10)11/h5-7H,3-4H2,1-2H3/t7-/m1/s1. The molecular weight excluding hydrogens is 146 g/mol. The van der Waals surface area contributed by atoms with Crippen LogP contribution in [0.2, 0.25) is 0 Å². The van der Waals surface area contributed by atoms with E-state index in [4.69, 9.17) is 0 Å². The van der Waals surface area contributed by atoms with Gasteiger partial charge in [-0.3, -0.25) is 10.1 Å². The lowest BCUT2D eigenvalue weighted by molar-refractivity contribution is -0.481. The van der Waals surface area contributed by atoms with Crippen molar-refractivity contribution in [2.75, 3.05) is 6.54 Å². The van der Waals surface area contributed by atoms with E-state index in [1.807, 2.05) is 13.8 Å². The zero-order valence-electron chi connectivity index (χ0n) is 6.82. The molecule has 4 heteroatoms. The summed E-state index contributed by atoms with van der Waals surface area (Å²) in [5, 5.41) is 9.93. The second kappa shape index (κ2) is 4.82. The normalized spacial score (nSPS) is 13.0. The molecule has 0 aromatic heterocycles. The van der Waals surface area contributed by atoms with Crippen molar-refractivity contribution in [3.8, 4) is 0 Å². The van der Waals surface area contributed by atoms with Crippen LogP contribution in [0.5, 0.6) is 0 Å². The van der Waals surface area contributed by atoms with Gasteiger partial charge in [0.15, 0.2) is 0 Å². The maximum atomic E-state index is 10.3. The molecule has 0 fully saturated rings. The van der Waals surface area contributed by atoms with Crippen molar-refractivity contribution in [2.24, 2.45) is 11.8 Å². The molecule has 0 aliphatic heterocycles. The summed E-state index contributed by atoms with van der Waals surface area (Å²) in [6.07, 6.45) is 1.16. The van der Waals surface area contributed by atoms with E-state index in [1.165, 1.54) is 0 Å². The highest BCUT2D eigenvalue weighted by Gasteiger charge is 2.14. The SMILES string of the molecule is CC(C)[C@@H](C=O)CC[N+](=O)[O-]. The van der Waals surface area contributed by atoms with Crippen LogP contribution in [-0.2, 0) is 4.79 Å². The van der Waals surface area contributed by atoms with Crippen LogP contribution in [-0.4, -0.2) is 17.8 Å². The Morgan fingerprint density at radius 1 is 1.55 bits per heavy atom. The van der Waals surface area contributed by atoms with Crippen LogP contribution in [0.25, 0.3) is 0 Å². The van der Waals surface area contributed by atoms with E-state index in [1.54, 1.807) is 0 Å². The van der Waals surface area contributed by atoms with Gasteiger partial charge in [0.25, 0.3) is 0 Å². The Morgan fingerprint density at radius 3 is 2.36 bits per heavy atom. The first-order valence-corrected chi connectivity index (χ1v) is 3.65. The van der Waals surface area contributed by atoms with Gasteiger partial charge in [-0.25, -0.2) is 0 Å². The van der Waals surface area contributed by atoms with Crippen molar-refractivity contribution in [3.05, 3.63) is 10.1 Å². The maximum Gasteiger partial charge on any atom is 0.204 e. The van der Waals surface area contributed by atoms with Crippen molar-refractivity contribution in [2.45, 2.75) is 20.3 Å². The van der Waals surface area contributed by atoms with Gasteiger partial charge in [-0.2, -0.15) is 0 Å². The number of aldehydes is 1. The summed E-state index contributed by atoms with van der Waals surface area (Å²) in [7, 11) is 0. The van der Waals surface area contributed by atoms with Crippen molar-refractivity contribution < 1.29 is 9.72 Å². The van der Waals surface area contributed by atoms with E-state index in [9.17, 15) is 14.9 Å². The molecule has 0 unspecified atom stereocenters. The topological polar surface area (TPSA) is 60.2 Å². The Kier molecular flexibility index (Phi) is 4.41. The smallest absolute Gasteiger partial charge is 0.204 e. The summed E-state index contributed by atoms with van der Waals surface area (Å²) >= 11 is 0. The predicted octanol–water partition coefficient (Wildman–Crippen LogP) is 1.12. The molecule has 0 spiro atoms. The van der Waals surface area contributed by atoms with E-state index >= 15 is 0 Å². The zero-order valence-corrected chi connectivity index (χ0v) is 6.82. The van der Waals surface area contributed by atoms with Gasteiger partial charge in [0, 0.05) is 17.3 Å². The Morgan fingerprint density at radius 2 is 2.09 bits per heavy atom. The fourth-order valence-corrected chi connectivity index (χ4v) is 0.813. The van der Waals surface area contributed by atoms with Gasteiger partial charge in [-0.05, 0) is 5.92 Å². The first-order chi connectivity index (χ1) is 5.07. The van der Waals surface area contributed by atoms with Crippen LogP contribution in [0, 0.1) is 22.0 Å². The van der Waals surface area contributed by atoms with Crippen LogP contribution < -0.4 is 0 Å². The molecule has 4 nitrogen and oxygen atoms in total. The summed E-state index contributed by atoms with van der Waals surface area (Å²) in [5.41, 5.74) is 0. The second-order valence-electron chi connectivity index (χ2n) is 2.89. The van der Waals surface area contributed by atoms with Gasteiger partial charge in [0.1, 0.15) is 6.29 Å². The largest absolute Gasteiger partial charge is 0.303 e. The maximum absolute atomic E-state index is 10.3. The molecule has 0 rings (SSSR count). The molecule has 0 aliphatic rings. The van der Waals surface area contributed by atoms with E-state index in [2.05, 4.69) is 0 Å².